The quantitative estimate of drug-likeness (QED) is 0.725. The molecule has 1 N–H and O–H groups in total. The van der Waals surface area contributed by atoms with Crippen LogP contribution in [0.1, 0.15) is 0 Å². The van der Waals surface area contributed by atoms with E-state index in [-0.39, 0.29) is 23.8 Å². The summed E-state index contributed by atoms with van der Waals surface area (Å²) in [5.41, 5.74) is 0.277. The summed E-state index contributed by atoms with van der Waals surface area (Å²) in [6.45, 7) is -0.859. The molecule has 0 aliphatic carbocycles. The van der Waals surface area contributed by atoms with Gasteiger partial charge in [0.1, 0.15) is 12.4 Å². The highest BCUT2D eigenvalue weighted by Crippen LogP contribution is 2.31. The molecule has 0 saturated heterocycles. The lowest BCUT2D eigenvalue weighted by atomic mass is 10.2. The van der Waals surface area contributed by atoms with Crippen LogP contribution in [0.4, 0.5) is 23.7 Å². The van der Waals surface area contributed by atoms with Gasteiger partial charge in [0.25, 0.3) is 0 Å². The highest BCUT2D eigenvalue weighted by Gasteiger charge is 2.29. The average molecular weight is 398 g/mol. The molecule has 0 spiro atoms. The zero-order chi connectivity index (χ0) is 20.6. The molecule has 0 atom stereocenters. The molecule has 152 valence electrons. The van der Waals surface area contributed by atoms with Gasteiger partial charge in [0.05, 0.1) is 13.7 Å². The van der Waals surface area contributed by atoms with Crippen LogP contribution in [0.25, 0.3) is 0 Å². The normalized spacial score (nSPS) is 10.9. The van der Waals surface area contributed by atoms with Crippen molar-refractivity contribution in [2.45, 2.75) is 6.18 Å². The maximum absolute atomic E-state index is 12.4. The number of methoxy groups -OCH3 is 1. The van der Waals surface area contributed by atoms with Crippen molar-refractivity contribution in [2.75, 3.05) is 39.2 Å². The average Bonchev–Trinajstić information content (AvgIpc) is 2.66. The van der Waals surface area contributed by atoms with Gasteiger partial charge < -0.3 is 24.4 Å². The van der Waals surface area contributed by atoms with E-state index in [2.05, 4.69) is 5.32 Å². The van der Waals surface area contributed by atoms with Crippen molar-refractivity contribution in [1.82, 2.24) is 4.90 Å². The van der Waals surface area contributed by atoms with Crippen LogP contribution in [0.5, 0.6) is 17.2 Å². The number of likely N-dealkylation sites (N-methyl/N-ethyl adjacent to an activating group) is 1. The lowest BCUT2D eigenvalue weighted by Crippen LogP contribution is -2.34. The summed E-state index contributed by atoms with van der Waals surface area (Å²) in [5, 5.41) is 2.59. The van der Waals surface area contributed by atoms with Crippen molar-refractivity contribution in [3.8, 4) is 17.2 Å². The van der Waals surface area contributed by atoms with E-state index in [0.29, 0.717) is 12.3 Å². The largest absolute Gasteiger partial charge is 0.493 e. The van der Waals surface area contributed by atoms with E-state index >= 15 is 0 Å². The Bertz CT molecular complexity index is 770. The number of hydrogen-bond donors (Lipinski definition) is 1. The van der Waals surface area contributed by atoms with Crippen LogP contribution in [0.2, 0.25) is 0 Å². The topological polar surface area (TPSA) is 60.0 Å². The minimum absolute atomic E-state index is 0.118. The highest BCUT2D eigenvalue weighted by molar-refractivity contribution is 5.89. The molecule has 9 heteroatoms. The molecule has 0 unspecified atom stereocenters. The van der Waals surface area contributed by atoms with Gasteiger partial charge in [-0.05, 0) is 24.3 Å². The molecule has 0 bridgehead atoms. The molecule has 0 aliphatic rings. The Balaban J connectivity index is 1.90. The fourth-order valence-electron chi connectivity index (χ4n) is 2.16. The summed E-state index contributed by atoms with van der Waals surface area (Å²) in [6, 6.07) is 12.9. The monoisotopic (exact) mass is 398 g/mol. The van der Waals surface area contributed by atoms with Gasteiger partial charge >= 0.3 is 12.2 Å². The molecule has 0 aromatic heterocycles. The first-order chi connectivity index (χ1) is 13.3. The number of nitrogens with one attached hydrogen (secondary N) is 1. The number of rotatable bonds is 8. The van der Waals surface area contributed by atoms with Gasteiger partial charge in [-0.2, -0.15) is 13.2 Å². The number of halogens is 3. The Morgan fingerprint density at radius 3 is 2.43 bits per heavy atom. The predicted octanol–water partition coefficient (Wildman–Crippen LogP) is 4.18. The maximum atomic E-state index is 12.4. The van der Waals surface area contributed by atoms with Gasteiger partial charge in [0, 0.05) is 18.8 Å². The molecule has 2 amide bonds. The summed E-state index contributed by atoms with van der Waals surface area (Å²) in [4.78, 5) is 13.6. The number of carbonyl (C=O) groups excluding carboxylic acids is 1. The lowest BCUT2D eigenvalue weighted by molar-refractivity contribution is -0.153. The number of amides is 2. The Labute approximate surface area is 160 Å². The maximum Gasteiger partial charge on any atom is 0.422 e. The van der Waals surface area contributed by atoms with E-state index in [4.69, 9.17) is 14.2 Å². The number of nitrogens with zero attached hydrogens (tertiary/aromatic N) is 1. The van der Waals surface area contributed by atoms with E-state index in [0.717, 1.165) is 0 Å². The third kappa shape index (κ3) is 6.90. The van der Waals surface area contributed by atoms with Gasteiger partial charge in [0.2, 0.25) is 0 Å². The summed E-state index contributed by atoms with van der Waals surface area (Å²) in [6.07, 6.45) is -4.48. The lowest BCUT2D eigenvalue weighted by Gasteiger charge is -2.19. The van der Waals surface area contributed by atoms with E-state index in [1.807, 2.05) is 18.2 Å². The van der Waals surface area contributed by atoms with E-state index in [1.54, 1.807) is 19.2 Å². The zero-order valence-electron chi connectivity index (χ0n) is 15.5. The Morgan fingerprint density at radius 1 is 1.07 bits per heavy atom. The summed E-state index contributed by atoms with van der Waals surface area (Å²) in [5.74, 6) is 0.706. The number of alkyl halides is 3. The smallest absolute Gasteiger partial charge is 0.422 e. The summed E-state index contributed by atoms with van der Waals surface area (Å²) >= 11 is 0. The van der Waals surface area contributed by atoms with Gasteiger partial charge in [-0.1, -0.05) is 18.2 Å². The molecule has 2 aromatic carbocycles. The molecule has 0 saturated carbocycles. The van der Waals surface area contributed by atoms with Crippen LogP contribution in [0.3, 0.4) is 0 Å². The minimum atomic E-state index is -4.48. The molecular weight excluding hydrogens is 377 g/mol. The SMILES string of the molecule is COc1ccc(NC(=O)N(C)CCOc2ccccc2)cc1OCC(F)(F)F. The van der Waals surface area contributed by atoms with Crippen molar-refractivity contribution in [3.63, 3.8) is 0 Å². The van der Waals surface area contributed by atoms with E-state index in [1.165, 1.54) is 30.2 Å². The van der Waals surface area contributed by atoms with Crippen molar-refractivity contribution >= 4 is 11.7 Å². The van der Waals surface area contributed by atoms with Crippen LogP contribution in [-0.2, 0) is 0 Å². The first-order valence-corrected chi connectivity index (χ1v) is 8.36. The standard InChI is InChI=1S/C19H21F3N2O4/c1-24(10-11-27-15-6-4-3-5-7-15)18(25)23-14-8-9-16(26-2)17(12-14)28-13-19(20,21)22/h3-9,12H,10-11,13H2,1-2H3,(H,23,25). The first-order valence-electron chi connectivity index (χ1n) is 8.36. The number of anilines is 1. The number of para-hydroxylation sites is 1. The fraction of sp³-hybridized carbons (Fsp3) is 0.316. The Kier molecular flexibility index (Phi) is 7.36. The number of ether oxygens (including phenoxy) is 3. The van der Waals surface area contributed by atoms with Crippen molar-refractivity contribution in [1.29, 1.82) is 0 Å². The van der Waals surface area contributed by atoms with Gasteiger partial charge in [-0.25, -0.2) is 4.79 Å². The highest BCUT2D eigenvalue weighted by atomic mass is 19.4. The Morgan fingerprint density at radius 2 is 1.79 bits per heavy atom. The van der Waals surface area contributed by atoms with Crippen LogP contribution in [-0.4, -0.2) is 51.0 Å². The van der Waals surface area contributed by atoms with Crippen molar-refractivity contribution in [3.05, 3.63) is 48.5 Å². The second kappa shape index (κ2) is 9.72. The van der Waals surface area contributed by atoms with Crippen LogP contribution in [0.15, 0.2) is 48.5 Å². The molecule has 0 heterocycles. The minimum Gasteiger partial charge on any atom is -0.493 e. The van der Waals surface area contributed by atoms with Crippen LogP contribution < -0.4 is 19.5 Å². The third-order valence-electron chi connectivity index (χ3n) is 3.59. The molecule has 2 aromatic rings. The second-order valence-electron chi connectivity index (χ2n) is 5.78. The van der Waals surface area contributed by atoms with Gasteiger partial charge in [-0.15, -0.1) is 0 Å². The van der Waals surface area contributed by atoms with E-state index in [9.17, 15) is 18.0 Å². The molecule has 0 fully saturated rings. The zero-order valence-corrected chi connectivity index (χ0v) is 15.5. The van der Waals surface area contributed by atoms with Crippen molar-refractivity contribution in [2.24, 2.45) is 0 Å². The van der Waals surface area contributed by atoms with Crippen LogP contribution >= 0.6 is 0 Å². The number of urea groups is 1. The fourth-order valence-corrected chi connectivity index (χ4v) is 2.16. The summed E-state index contributed by atoms with van der Waals surface area (Å²) in [7, 11) is 2.89. The molecule has 0 aliphatic heterocycles. The number of hydrogen-bond acceptors (Lipinski definition) is 4. The molecule has 6 nitrogen and oxygen atoms in total. The molecule has 0 radical (unpaired) electrons. The van der Waals surface area contributed by atoms with Gasteiger partial charge in [0.15, 0.2) is 18.1 Å². The van der Waals surface area contributed by atoms with Gasteiger partial charge in [-0.3, -0.25) is 0 Å². The number of carbonyl (C=O) groups is 1. The molecule has 2 rings (SSSR count). The number of benzene rings is 2. The summed E-state index contributed by atoms with van der Waals surface area (Å²) < 4.78 is 52.4. The molecule has 28 heavy (non-hydrogen) atoms. The second-order valence-corrected chi connectivity index (χ2v) is 5.78. The Hall–Kier alpha value is -3.10. The van der Waals surface area contributed by atoms with Crippen molar-refractivity contribution < 1.29 is 32.2 Å². The third-order valence-corrected chi connectivity index (χ3v) is 3.59. The van der Waals surface area contributed by atoms with E-state index < -0.39 is 18.8 Å². The van der Waals surface area contributed by atoms with Crippen LogP contribution in [0, 0.1) is 0 Å². The molecular formula is C19H21F3N2O4. The first kappa shape index (κ1) is 21.2. The predicted molar refractivity (Wildman–Crippen MR) is 98.1 cm³/mol.